The molecule has 0 radical (unpaired) electrons. The maximum atomic E-state index is 13.7. The number of anilines is 1. The summed E-state index contributed by atoms with van der Waals surface area (Å²) in [5.74, 6) is 0.351. The van der Waals surface area contributed by atoms with E-state index in [1.165, 1.54) is 35.5 Å². The number of carbonyl (C=O) groups excluding carboxylic acids is 1. The SMILES string of the molecule is O=C(CSCc1c(F)cccc1Cl)NCCCN1CCCc2ccccc21. The van der Waals surface area contributed by atoms with Crippen molar-refractivity contribution in [3.05, 3.63) is 64.4 Å². The Morgan fingerprint density at radius 2 is 2.07 bits per heavy atom. The normalized spacial score (nSPS) is 13.3. The van der Waals surface area contributed by atoms with Gasteiger partial charge in [-0.1, -0.05) is 35.9 Å². The number of rotatable bonds is 8. The third kappa shape index (κ3) is 5.63. The molecule has 0 fully saturated rings. The van der Waals surface area contributed by atoms with E-state index in [0.29, 0.717) is 28.6 Å². The van der Waals surface area contributed by atoms with E-state index in [0.717, 1.165) is 25.9 Å². The summed E-state index contributed by atoms with van der Waals surface area (Å²) in [6.07, 6.45) is 3.23. The zero-order valence-electron chi connectivity index (χ0n) is 15.2. The Bertz CT molecular complexity index is 766. The molecule has 0 atom stereocenters. The maximum Gasteiger partial charge on any atom is 0.230 e. The first-order chi connectivity index (χ1) is 13.1. The van der Waals surface area contributed by atoms with Crippen molar-refractivity contribution in [3.63, 3.8) is 0 Å². The molecule has 3 rings (SSSR count). The van der Waals surface area contributed by atoms with Gasteiger partial charge < -0.3 is 10.2 Å². The number of amides is 1. The van der Waals surface area contributed by atoms with E-state index in [-0.39, 0.29) is 11.7 Å². The van der Waals surface area contributed by atoms with Crippen molar-refractivity contribution in [3.8, 4) is 0 Å². The van der Waals surface area contributed by atoms with Gasteiger partial charge in [0.2, 0.25) is 5.91 Å². The molecular weight excluding hydrogens is 383 g/mol. The molecule has 1 amide bonds. The van der Waals surface area contributed by atoms with Crippen molar-refractivity contribution in [2.75, 3.05) is 30.3 Å². The van der Waals surface area contributed by atoms with Crippen molar-refractivity contribution in [1.29, 1.82) is 0 Å². The lowest BCUT2D eigenvalue weighted by molar-refractivity contribution is -0.118. The van der Waals surface area contributed by atoms with Crippen molar-refractivity contribution >= 4 is 35.0 Å². The molecule has 0 spiro atoms. The van der Waals surface area contributed by atoms with Crippen LogP contribution in [-0.4, -0.2) is 31.3 Å². The van der Waals surface area contributed by atoms with Gasteiger partial charge in [-0.3, -0.25) is 4.79 Å². The number of para-hydroxylation sites is 1. The van der Waals surface area contributed by atoms with Crippen molar-refractivity contribution in [2.45, 2.75) is 25.0 Å². The Morgan fingerprint density at radius 3 is 2.93 bits per heavy atom. The summed E-state index contributed by atoms with van der Waals surface area (Å²) in [5, 5.41) is 3.36. The fraction of sp³-hybridized carbons (Fsp3) is 0.381. The molecule has 144 valence electrons. The van der Waals surface area contributed by atoms with E-state index in [4.69, 9.17) is 11.6 Å². The molecule has 6 heteroatoms. The monoisotopic (exact) mass is 406 g/mol. The van der Waals surface area contributed by atoms with Gasteiger partial charge in [0, 0.05) is 41.7 Å². The van der Waals surface area contributed by atoms with Gasteiger partial charge >= 0.3 is 0 Å². The van der Waals surface area contributed by atoms with E-state index in [1.54, 1.807) is 12.1 Å². The van der Waals surface area contributed by atoms with Crippen LogP contribution in [0.1, 0.15) is 24.0 Å². The number of benzene rings is 2. The van der Waals surface area contributed by atoms with E-state index < -0.39 is 0 Å². The van der Waals surface area contributed by atoms with Crippen LogP contribution in [0.3, 0.4) is 0 Å². The number of nitrogens with one attached hydrogen (secondary N) is 1. The Hall–Kier alpha value is -1.72. The number of halogens is 2. The second kappa shape index (κ2) is 10.00. The lowest BCUT2D eigenvalue weighted by atomic mass is 10.0. The third-order valence-electron chi connectivity index (χ3n) is 4.67. The maximum absolute atomic E-state index is 13.7. The number of aryl methyl sites for hydroxylation is 1. The number of thioether (sulfide) groups is 1. The topological polar surface area (TPSA) is 32.3 Å². The fourth-order valence-corrected chi connectivity index (χ4v) is 4.50. The van der Waals surface area contributed by atoms with Crippen LogP contribution >= 0.6 is 23.4 Å². The summed E-state index contributed by atoms with van der Waals surface area (Å²) in [7, 11) is 0. The standard InChI is InChI=1S/C21H24ClFN2OS/c22-18-8-3-9-19(23)17(18)14-27-15-21(26)24-11-5-13-25-12-4-7-16-6-1-2-10-20(16)25/h1-3,6,8-10H,4-5,7,11-15H2,(H,24,26). The highest BCUT2D eigenvalue weighted by Gasteiger charge is 2.15. The van der Waals surface area contributed by atoms with Gasteiger partial charge in [-0.2, -0.15) is 0 Å². The highest BCUT2D eigenvalue weighted by atomic mass is 35.5. The summed E-state index contributed by atoms with van der Waals surface area (Å²) >= 11 is 7.37. The van der Waals surface area contributed by atoms with Gasteiger partial charge in [-0.25, -0.2) is 4.39 Å². The van der Waals surface area contributed by atoms with Gasteiger partial charge in [0.15, 0.2) is 0 Å². The quantitative estimate of drug-likeness (QED) is 0.646. The second-order valence-electron chi connectivity index (χ2n) is 6.62. The molecule has 2 aromatic carbocycles. The number of nitrogens with zero attached hydrogens (tertiary/aromatic N) is 1. The Morgan fingerprint density at radius 1 is 1.22 bits per heavy atom. The first-order valence-corrected chi connectivity index (χ1v) is 10.8. The van der Waals surface area contributed by atoms with Crippen LogP contribution in [0.2, 0.25) is 5.02 Å². The van der Waals surface area contributed by atoms with Gasteiger partial charge in [0.1, 0.15) is 5.82 Å². The zero-order chi connectivity index (χ0) is 19.1. The van der Waals surface area contributed by atoms with Crippen LogP contribution in [0.25, 0.3) is 0 Å². The van der Waals surface area contributed by atoms with E-state index in [2.05, 4.69) is 34.5 Å². The Labute approximate surface area is 169 Å². The van der Waals surface area contributed by atoms with Crippen LogP contribution in [0.4, 0.5) is 10.1 Å². The number of hydrogen-bond acceptors (Lipinski definition) is 3. The van der Waals surface area contributed by atoms with E-state index in [1.807, 2.05) is 0 Å². The minimum absolute atomic E-state index is 0.0218. The summed E-state index contributed by atoms with van der Waals surface area (Å²) in [6, 6.07) is 13.2. The Balaban J connectivity index is 1.35. The summed E-state index contributed by atoms with van der Waals surface area (Å²) in [5.41, 5.74) is 3.20. The number of fused-ring (bicyclic) bond motifs is 1. The van der Waals surface area contributed by atoms with Crippen LogP contribution in [0.15, 0.2) is 42.5 Å². The molecule has 2 aromatic rings. The highest BCUT2D eigenvalue weighted by molar-refractivity contribution is 7.99. The van der Waals surface area contributed by atoms with Crippen LogP contribution in [0, 0.1) is 5.82 Å². The van der Waals surface area contributed by atoms with Gasteiger partial charge in [-0.05, 0) is 43.0 Å². The average Bonchev–Trinajstić information content (AvgIpc) is 2.67. The van der Waals surface area contributed by atoms with Gasteiger partial charge in [-0.15, -0.1) is 11.8 Å². The van der Waals surface area contributed by atoms with Crippen molar-refractivity contribution in [2.24, 2.45) is 0 Å². The predicted octanol–water partition coefficient (Wildman–Crippen LogP) is 4.67. The number of carbonyl (C=O) groups is 1. The molecule has 3 nitrogen and oxygen atoms in total. The lowest BCUT2D eigenvalue weighted by Crippen LogP contribution is -2.33. The highest BCUT2D eigenvalue weighted by Crippen LogP contribution is 2.26. The molecule has 0 unspecified atom stereocenters. The largest absolute Gasteiger partial charge is 0.371 e. The molecule has 0 saturated heterocycles. The molecule has 1 aliphatic rings. The minimum atomic E-state index is -0.322. The molecule has 27 heavy (non-hydrogen) atoms. The molecule has 1 aliphatic heterocycles. The molecule has 0 saturated carbocycles. The first kappa shape index (κ1) is 20.0. The predicted molar refractivity (Wildman–Crippen MR) is 112 cm³/mol. The molecule has 0 aromatic heterocycles. The van der Waals surface area contributed by atoms with Crippen molar-refractivity contribution < 1.29 is 9.18 Å². The van der Waals surface area contributed by atoms with Gasteiger partial charge in [0.25, 0.3) is 0 Å². The molecule has 0 aliphatic carbocycles. The molecule has 1 N–H and O–H groups in total. The second-order valence-corrected chi connectivity index (χ2v) is 8.01. The smallest absolute Gasteiger partial charge is 0.230 e. The third-order valence-corrected chi connectivity index (χ3v) is 5.99. The van der Waals surface area contributed by atoms with Crippen LogP contribution in [-0.2, 0) is 17.0 Å². The summed E-state index contributed by atoms with van der Waals surface area (Å²) in [6.45, 7) is 2.66. The van der Waals surface area contributed by atoms with Crippen molar-refractivity contribution in [1.82, 2.24) is 5.32 Å². The minimum Gasteiger partial charge on any atom is -0.371 e. The fourth-order valence-electron chi connectivity index (χ4n) is 3.31. The zero-order valence-corrected chi connectivity index (χ0v) is 16.8. The number of hydrogen-bond donors (Lipinski definition) is 1. The van der Waals surface area contributed by atoms with Crippen LogP contribution in [0.5, 0.6) is 0 Å². The summed E-state index contributed by atoms with van der Waals surface area (Å²) in [4.78, 5) is 14.4. The lowest BCUT2D eigenvalue weighted by Gasteiger charge is -2.31. The van der Waals surface area contributed by atoms with E-state index in [9.17, 15) is 9.18 Å². The molecule has 1 heterocycles. The van der Waals surface area contributed by atoms with E-state index >= 15 is 0 Å². The molecule has 0 bridgehead atoms. The average molecular weight is 407 g/mol. The van der Waals surface area contributed by atoms with Crippen LogP contribution < -0.4 is 10.2 Å². The van der Waals surface area contributed by atoms with Gasteiger partial charge in [0.05, 0.1) is 5.75 Å². The molecular formula is C21H24ClFN2OS. The Kier molecular flexibility index (Phi) is 7.41. The summed E-state index contributed by atoms with van der Waals surface area (Å²) < 4.78 is 13.7. The first-order valence-electron chi connectivity index (χ1n) is 9.25.